The van der Waals surface area contributed by atoms with Crippen LogP contribution in [0.1, 0.15) is 12.5 Å². The smallest absolute Gasteiger partial charge is 0.0268 e. The van der Waals surface area contributed by atoms with Crippen LogP contribution in [0.2, 0.25) is 0 Å². The number of hydrogen-bond acceptors (Lipinski definition) is 0. The molecule has 0 saturated carbocycles. The fourth-order valence-electron chi connectivity index (χ4n) is 0.745. The third kappa shape index (κ3) is 2.10. The lowest BCUT2D eigenvalue weighted by Crippen LogP contribution is -1.79. The van der Waals surface area contributed by atoms with E-state index >= 15 is 0 Å². The van der Waals surface area contributed by atoms with E-state index in [4.69, 9.17) is 0 Å². The monoisotopic (exact) mass is 261 g/mol. The summed E-state index contributed by atoms with van der Waals surface area (Å²) >= 11 is 6.77. The first-order chi connectivity index (χ1) is 4.72. The summed E-state index contributed by atoms with van der Waals surface area (Å²) in [6, 6.07) is 7.24. The number of hydrogen-bond donors (Lipinski definition) is 0. The van der Waals surface area contributed by atoms with Gasteiger partial charge in [0.25, 0.3) is 0 Å². The van der Waals surface area contributed by atoms with Gasteiger partial charge in [-0.15, -0.1) is 0 Å². The molecule has 0 aliphatic carbocycles. The highest BCUT2D eigenvalue weighted by atomic mass is 79.9. The molecule has 0 unspecified atom stereocenters. The van der Waals surface area contributed by atoms with Crippen molar-refractivity contribution in [3.8, 4) is 0 Å². The Bertz CT molecular complexity index is 210. The second-order valence-electron chi connectivity index (χ2n) is 2.03. The molecule has 2 heteroatoms. The van der Waals surface area contributed by atoms with E-state index in [2.05, 4.69) is 50.9 Å². The molecule has 0 fully saturated rings. The van der Waals surface area contributed by atoms with Crippen molar-refractivity contribution in [2.24, 2.45) is 0 Å². The lowest BCUT2D eigenvalue weighted by atomic mass is 10.2. The van der Waals surface area contributed by atoms with Crippen LogP contribution in [0.5, 0.6) is 0 Å². The molecule has 0 aliphatic heterocycles. The number of benzene rings is 1. The van der Waals surface area contributed by atoms with Crippen LogP contribution in [0.25, 0.3) is 0 Å². The van der Waals surface area contributed by atoms with Crippen LogP contribution in [-0.2, 0) is 6.42 Å². The molecule has 10 heavy (non-hydrogen) atoms. The Hall–Kier alpha value is 0.180. The van der Waals surface area contributed by atoms with Crippen molar-refractivity contribution >= 4 is 31.9 Å². The number of aryl methyl sites for hydroxylation is 1. The summed E-state index contributed by atoms with van der Waals surface area (Å²) in [5, 5.41) is 0. The first-order valence-corrected chi connectivity index (χ1v) is 4.68. The molecule has 0 atom stereocenters. The summed E-state index contributed by atoms with van der Waals surface area (Å²) in [5.41, 5.74) is 1.22. The van der Waals surface area contributed by atoms with Crippen molar-refractivity contribution in [2.75, 3.05) is 0 Å². The van der Waals surface area contributed by atoms with E-state index in [-0.39, 0.29) is 0 Å². The van der Waals surface area contributed by atoms with Gasteiger partial charge in [-0.25, -0.2) is 0 Å². The van der Waals surface area contributed by atoms with Crippen molar-refractivity contribution in [2.45, 2.75) is 13.3 Å². The average molecular weight is 263 g/mol. The van der Waals surface area contributed by atoms with E-state index in [1.165, 1.54) is 5.56 Å². The maximum Gasteiger partial charge on any atom is 0.0268 e. The topological polar surface area (TPSA) is 0 Å². The molecular formula is C8H7Br2. The van der Waals surface area contributed by atoms with Gasteiger partial charge in [0, 0.05) is 15.0 Å². The summed E-state index contributed by atoms with van der Waals surface area (Å²) < 4.78 is 2.12. The molecule has 1 radical (unpaired) electrons. The molecular weight excluding hydrogens is 256 g/mol. The fourth-order valence-corrected chi connectivity index (χ4v) is 2.06. The van der Waals surface area contributed by atoms with Crippen LogP contribution in [-0.4, -0.2) is 0 Å². The maximum absolute atomic E-state index is 3.40. The lowest BCUT2D eigenvalue weighted by Gasteiger charge is -1.97. The Labute approximate surface area is 77.9 Å². The Morgan fingerprint density at radius 2 is 2.10 bits per heavy atom. The zero-order valence-corrected chi connectivity index (χ0v) is 8.79. The molecule has 0 nitrogen and oxygen atoms in total. The van der Waals surface area contributed by atoms with Gasteiger partial charge < -0.3 is 0 Å². The van der Waals surface area contributed by atoms with Crippen LogP contribution in [0.4, 0.5) is 0 Å². The van der Waals surface area contributed by atoms with Gasteiger partial charge in [-0.1, -0.05) is 38.8 Å². The van der Waals surface area contributed by atoms with E-state index in [0.717, 1.165) is 15.4 Å². The van der Waals surface area contributed by atoms with E-state index < -0.39 is 0 Å². The first-order valence-electron chi connectivity index (χ1n) is 3.09. The minimum Gasteiger partial charge on any atom is -0.0613 e. The third-order valence-corrected chi connectivity index (χ3v) is 2.12. The van der Waals surface area contributed by atoms with Gasteiger partial charge in [-0.2, -0.15) is 0 Å². The van der Waals surface area contributed by atoms with E-state index in [0.29, 0.717) is 0 Å². The Balaban J connectivity index is 3.06. The van der Waals surface area contributed by atoms with Gasteiger partial charge in [-0.05, 0) is 24.1 Å². The molecule has 0 spiro atoms. The molecule has 0 bridgehead atoms. The number of halogens is 2. The highest BCUT2D eigenvalue weighted by molar-refractivity contribution is 9.11. The summed E-state index contributed by atoms with van der Waals surface area (Å²) in [4.78, 5) is 0. The van der Waals surface area contributed by atoms with Crippen LogP contribution < -0.4 is 0 Å². The zero-order chi connectivity index (χ0) is 7.56. The van der Waals surface area contributed by atoms with Crippen LogP contribution in [0, 0.1) is 6.07 Å². The predicted molar refractivity (Wildman–Crippen MR) is 50.1 cm³/mol. The van der Waals surface area contributed by atoms with E-state index in [1.807, 2.05) is 6.07 Å². The largest absolute Gasteiger partial charge is 0.0613 e. The van der Waals surface area contributed by atoms with Crippen LogP contribution in [0.3, 0.4) is 0 Å². The highest BCUT2D eigenvalue weighted by Crippen LogP contribution is 2.19. The van der Waals surface area contributed by atoms with E-state index in [1.54, 1.807) is 0 Å². The summed E-state index contributed by atoms with van der Waals surface area (Å²) in [5.74, 6) is 0. The number of rotatable bonds is 1. The normalized spacial score (nSPS) is 9.90. The van der Waals surface area contributed by atoms with Crippen molar-refractivity contribution < 1.29 is 0 Å². The minimum absolute atomic E-state index is 1.01. The van der Waals surface area contributed by atoms with Gasteiger partial charge >= 0.3 is 0 Å². The molecule has 0 saturated heterocycles. The molecule has 1 aromatic carbocycles. The lowest BCUT2D eigenvalue weighted by molar-refractivity contribution is 1.13. The standard InChI is InChI=1S/C8H7Br2/c1-2-6-3-7(9)5-8(10)4-6/h3,5H,2H2,1H3. The van der Waals surface area contributed by atoms with Gasteiger partial charge in [0.2, 0.25) is 0 Å². The molecule has 0 heterocycles. The predicted octanol–water partition coefficient (Wildman–Crippen LogP) is 3.57. The van der Waals surface area contributed by atoms with Crippen molar-refractivity contribution in [1.29, 1.82) is 0 Å². The van der Waals surface area contributed by atoms with Gasteiger partial charge in [0.05, 0.1) is 0 Å². The van der Waals surface area contributed by atoms with Gasteiger partial charge in [0.1, 0.15) is 0 Å². The Kier molecular flexibility index (Phi) is 2.93. The Morgan fingerprint density at radius 1 is 1.40 bits per heavy atom. The van der Waals surface area contributed by atoms with Gasteiger partial charge in [-0.3, -0.25) is 0 Å². The average Bonchev–Trinajstić information content (AvgIpc) is 1.85. The van der Waals surface area contributed by atoms with Crippen molar-refractivity contribution in [3.05, 3.63) is 32.7 Å². The van der Waals surface area contributed by atoms with Crippen LogP contribution in [0.15, 0.2) is 21.1 Å². The van der Waals surface area contributed by atoms with Gasteiger partial charge in [0.15, 0.2) is 0 Å². The molecule has 0 amide bonds. The summed E-state index contributed by atoms with van der Waals surface area (Å²) in [7, 11) is 0. The molecule has 1 rings (SSSR count). The summed E-state index contributed by atoms with van der Waals surface area (Å²) in [6.07, 6.45) is 1.03. The Morgan fingerprint density at radius 3 is 2.60 bits per heavy atom. The molecule has 1 aromatic rings. The molecule has 53 valence electrons. The minimum atomic E-state index is 1.01. The quantitative estimate of drug-likeness (QED) is 0.726. The summed E-state index contributed by atoms with van der Waals surface area (Å²) in [6.45, 7) is 2.12. The first kappa shape index (κ1) is 8.28. The van der Waals surface area contributed by atoms with Crippen molar-refractivity contribution in [1.82, 2.24) is 0 Å². The second kappa shape index (κ2) is 3.54. The van der Waals surface area contributed by atoms with Crippen molar-refractivity contribution in [3.63, 3.8) is 0 Å². The van der Waals surface area contributed by atoms with Crippen LogP contribution >= 0.6 is 31.9 Å². The molecule has 0 aromatic heterocycles. The van der Waals surface area contributed by atoms with E-state index in [9.17, 15) is 0 Å². The second-order valence-corrected chi connectivity index (χ2v) is 3.80. The third-order valence-electron chi connectivity index (χ3n) is 1.24. The fraction of sp³-hybridized carbons (Fsp3) is 0.250. The highest BCUT2D eigenvalue weighted by Gasteiger charge is 1.94. The zero-order valence-electron chi connectivity index (χ0n) is 5.62. The SMILES string of the molecule is CCc1[c]c(Br)cc(Br)c1. The molecule has 0 N–H and O–H groups in total. The maximum atomic E-state index is 3.40. The molecule has 0 aliphatic rings.